The number of hydroxylamine groups is 2. The molecule has 1 fully saturated rings. The summed E-state index contributed by atoms with van der Waals surface area (Å²) in [5, 5.41) is 2.17. The molecule has 28 heavy (non-hydrogen) atoms. The summed E-state index contributed by atoms with van der Waals surface area (Å²) < 4.78 is 0. The third kappa shape index (κ3) is 3.65. The lowest BCUT2D eigenvalue weighted by molar-refractivity contribution is -0.318. The lowest BCUT2D eigenvalue weighted by Gasteiger charge is -2.57. The van der Waals surface area contributed by atoms with E-state index in [1.165, 1.54) is 17.1 Å². The molecular weight excluding hydrogens is 352 g/mol. The molecule has 2 heterocycles. The van der Waals surface area contributed by atoms with Gasteiger partial charge in [-0.1, -0.05) is 44.2 Å². The second-order valence-corrected chi connectivity index (χ2v) is 8.64. The quantitative estimate of drug-likeness (QED) is 0.682. The van der Waals surface area contributed by atoms with Crippen molar-refractivity contribution in [3.63, 3.8) is 0 Å². The lowest BCUT2D eigenvalue weighted by atomic mass is 9.73. The minimum atomic E-state index is -0.318. The van der Waals surface area contributed by atoms with Crippen molar-refractivity contribution in [2.24, 2.45) is 0 Å². The van der Waals surface area contributed by atoms with Gasteiger partial charge in [-0.25, -0.2) is 0 Å². The van der Waals surface area contributed by atoms with Gasteiger partial charge >= 0.3 is 0 Å². The smallest absolute Gasteiger partial charge is 0.253 e. The summed E-state index contributed by atoms with van der Waals surface area (Å²) in [7, 11) is 0. The molecule has 0 radical (unpaired) electrons. The molecule has 2 aliphatic heterocycles. The molecule has 1 aromatic rings. The number of amides is 2. The Balaban J connectivity index is 1.90. The van der Waals surface area contributed by atoms with Gasteiger partial charge in [0.2, 0.25) is 0 Å². The molecule has 2 atom stereocenters. The van der Waals surface area contributed by atoms with Crippen molar-refractivity contribution in [3.8, 4) is 0 Å². The first kappa shape index (κ1) is 20.7. The number of imide groups is 1. The maximum Gasteiger partial charge on any atom is 0.253 e. The van der Waals surface area contributed by atoms with Gasteiger partial charge in [-0.2, -0.15) is 5.06 Å². The van der Waals surface area contributed by atoms with Crippen LogP contribution in [-0.2, 0) is 14.4 Å². The predicted octanol–water partition coefficient (Wildman–Crippen LogP) is 4.41. The first-order chi connectivity index (χ1) is 13.2. The molecule has 0 N–H and O–H groups in total. The summed E-state index contributed by atoms with van der Waals surface area (Å²) in [6.45, 7) is 10.7. The summed E-state index contributed by atoms with van der Waals surface area (Å²) in [4.78, 5) is 32.6. The number of hydrogen-bond donors (Lipinski definition) is 0. The highest BCUT2D eigenvalue weighted by atomic mass is 16.7. The summed E-state index contributed by atoms with van der Waals surface area (Å²) in [6, 6.07) is 10.1. The van der Waals surface area contributed by atoms with Gasteiger partial charge in [0.1, 0.15) is 6.10 Å². The average molecular weight is 385 g/mol. The Morgan fingerprint density at radius 2 is 1.61 bits per heavy atom. The van der Waals surface area contributed by atoms with E-state index in [0.717, 1.165) is 24.8 Å². The Morgan fingerprint density at radius 3 is 2.14 bits per heavy atom. The van der Waals surface area contributed by atoms with Gasteiger partial charge in [-0.15, -0.1) is 0 Å². The van der Waals surface area contributed by atoms with Crippen LogP contribution < -0.4 is 0 Å². The van der Waals surface area contributed by atoms with Gasteiger partial charge < -0.3 is 0 Å². The second-order valence-electron chi connectivity index (χ2n) is 8.64. The van der Waals surface area contributed by atoms with E-state index in [2.05, 4.69) is 51.8 Å². The highest BCUT2D eigenvalue weighted by Crippen LogP contribution is 2.46. The molecule has 5 nitrogen and oxygen atoms in total. The predicted molar refractivity (Wildman–Crippen MR) is 109 cm³/mol. The maximum atomic E-state index is 12.3. The Morgan fingerprint density at radius 1 is 1.04 bits per heavy atom. The molecule has 2 aliphatic rings. The number of benzene rings is 1. The van der Waals surface area contributed by atoms with Crippen molar-refractivity contribution in [2.45, 2.75) is 83.5 Å². The molecule has 152 valence electrons. The molecule has 0 aliphatic carbocycles. The summed E-state index contributed by atoms with van der Waals surface area (Å²) in [6.07, 6.45) is 5.87. The zero-order valence-electron chi connectivity index (χ0n) is 17.6. The molecule has 0 spiro atoms. The van der Waals surface area contributed by atoms with E-state index in [1.54, 1.807) is 0 Å². The van der Waals surface area contributed by atoms with Crippen LogP contribution in [0.15, 0.2) is 42.5 Å². The molecule has 5 heteroatoms. The van der Waals surface area contributed by atoms with Gasteiger partial charge in [0, 0.05) is 29.3 Å². The number of carbonyl (C=O) groups excluding carboxylic acids is 2. The normalized spacial score (nSPS) is 25.3. The lowest BCUT2D eigenvalue weighted by Crippen LogP contribution is -2.66. The average Bonchev–Trinajstić information content (AvgIpc) is 3.02. The number of rotatable bonds is 6. The molecule has 2 unspecified atom stereocenters. The third-order valence-electron chi connectivity index (χ3n) is 6.39. The monoisotopic (exact) mass is 384 g/mol. The topological polar surface area (TPSA) is 49.9 Å². The minimum Gasteiger partial charge on any atom is -0.290 e. The standard InChI is InChI=1S/C23H32N2O3/c1-6-23(7-2)16-19(24-20(26)13-14-21(24)27)15-22(4,5)25(23)28-17(3)18-11-9-8-10-12-18/h8-14,17,19H,6-7,15-16H2,1-5H3. The molecule has 3 rings (SSSR count). The molecule has 0 aromatic heterocycles. The van der Waals surface area contributed by atoms with E-state index in [4.69, 9.17) is 4.84 Å². The highest BCUT2D eigenvalue weighted by Gasteiger charge is 2.53. The number of carbonyl (C=O) groups is 2. The maximum absolute atomic E-state index is 12.3. The number of nitrogens with zero attached hydrogens (tertiary/aromatic N) is 2. The fourth-order valence-corrected chi connectivity index (χ4v) is 4.87. The van der Waals surface area contributed by atoms with E-state index in [9.17, 15) is 9.59 Å². The summed E-state index contributed by atoms with van der Waals surface area (Å²) in [5.41, 5.74) is 0.579. The molecule has 1 aromatic carbocycles. The molecule has 0 bridgehead atoms. The third-order valence-corrected chi connectivity index (χ3v) is 6.39. The van der Waals surface area contributed by atoms with Crippen molar-refractivity contribution in [1.82, 2.24) is 9.96 Å². The van der Waals surface area contributed by atoms with Gasteiger partial charge in [-0.05, 0) is 52.0 Å². The number of piperidine rings is 1. The van der Waals surface area contributed by atoms with Crippen LogP contribution in [0.3, 0.4) is 0 Å². The summed E-state index contributed by atoms with van der Waals surface area (Å²) in [5.74, 6) is -0.391. The van der Waals surface area contributed by atoms with Crippen molar-refractivity contribution >= 4 is 11.8 Å². The van der Waals surface area contributed by atoms with Crippen LogP contribution in [0, 0.1) is 0 Å². The van der Waals surface area contributed by atoms with Crippen molar-refractivity contribution in [2.75, 3.05) is 0 Å². The van der Waals surface area contributed by atoms with Crippen LogP contribution in [0.1, 0.15) is 72.0 Å². The van der Waals surface area contributed by atoms with Crippen LogP contribution in [0.25, 0.3) is 0 Å². The van der Waals surface area contributed by atoms with E-state index in [1.807, 2.05) is 18.2 Å². The van der Waals surface area contributed by atoms with Gasteiger partial charge in [0.05, 0.1) is 0 Å². The van der Waals surface area contributed by atoms with Crippen molar-refractivity contribution in [1.29, 1.82) is 0 Å². The molecule has 2 amide bonds. The molecule has 0 saturated carbocycles. The Hall–Kier alpha value is -1.98. The highest BCUT2D eigenvalue weighted by molar-refractivity contribution is 6.13. The summed E-state index contributed by atoms with van der Waals surface area (Å²) >= 11 is 0. The van der Waals surface area contributed by atoms with Crippen LogP contribution in [0.2, 0.25) is 0 Å². The van der Waals surface area contributed by atoms with Gasteiger partial charge in [-0.3, -0.25) is 19.3 Å². The van der Waals surface area contributed by atoms with E-state index in [-0.39, 0.29) is 35.0 Å². The Bertz CT molecular complexity index is 734. The van der Waals surface area contributed by atoms with Crippen LogP contribution in [-0.4, -0.2) is 38.9 Å². The van der Waals surface area contributed by atoms with Gasteiger partial charge in [0.15, 0.2) is 0 Å². The van der Waals surface area contributed by atoms with Gasteiger partial charge in [0.25, 0.3) is 11.8 Å². The Kier molecular flexibility index (Phi) is 5.78. The Labute approximate surface area is 168 Å². The van der Waals surface area contributed by atoms with Crippen LogP contribution >= 0.6 is 0 Å². The van der Waals surface area contributed by atoms with Crippen LogP contribution in [0.4, 0.5) is 0 Å². The van der Waals surface area contributed by atoms with E-state index < -0.39 is 0 Å². The largest absolute Gasteiger partial charge is 0.290 e. The molecular formula is C23H32N2O3. The number of hydrogen-bond acceptors (Lipinski definition) is 4. The van der Waals surface area contributed by atoms with Crippen LogP contribution in [0.5, 0.6) is 0 Å². The fourth-order valence-electron chi connectivity index (χ4n) is 4.87. The first-order valence-corrected chi connectivity index (χ1v) is 10.3. The minimum absolute atomic E-state index is 0.0776. The van der Waals surface area contributed by atoms with E-state index in [0.29, 0.717) is 6.42 Å². The zero-order chi connectivity index (χ0) is 20.5. The van der Waals surface area contributed by atoms with Crippen molar-refractivity contribution in [3.05, 3.63) is 48.0 Å². The van der Waals surface area contributed by atoms with E-state index >= 15 is 0 Å². The van der Waals surface area contributed by atoms with Crippen molar-refractivity contribution < 1.29 is 14.4 Å². The SMILES string of the molecule is CCC1(CC)CC(N2C(=O)C=CC2=O)CC(C)(C)N1OC(C)c1ccccc1. The zero-order valence-corrected chi connectivity index (χ0v) is 17.6. The molecule has 1 saturated heterocycles. The fraction of sp³-hybridized carbons (Fsp3) is 0.565. The first-order valence-electron chi connectivity index (χ1n) is 10.3. The second kappa shape index (κ2) is 7.80.